The first-order chi connectivity index (χ1) is 11.0. The van der Waals surface area contributed by atoms with Crippen molar-refractivity contribution in [2.24, 2.45) is 0 Å². The van der Waals surface area contributed by atoms with Crippen molar-refractivity contribution in [2.45, 2.75) is 12.5 Å². The first kappa shape index (κ1) is 16.0. The van der Waals surface area contributed by atoms with Gasteiger partial charge in [0.25, 0.3) is 5.91 Å². The van der Waals surface area contributed by atoms with Gasteiger partial charge in [-0.3, -0.25) is 14.5 Å². The molecule has 2 saturated heterocycles. The van der Waals surface area contributed by atoms with E-state index in [2.05, 4.69) is 16.8 Å². The first-order valence-electron chi connectivity index (χ1n) is 8.04. The fraction of sp³-hybridized carbons (Fsp3) is 0.529. The Morgan fingerprint density at radius 2 is 1.61 bits per heavy atom. The minimum absolute atomic E-state index is 0.0860. The van der Waals surface area contributed by atoms with E-state index in [1.54, 1.807) is 0 Å². The second-order valence-corrected chi connectivity index (χ2v) is 6.54. The van der Waals surface area contributed by atoms with Crippen LogP contribution in [-0.4, -0.2) is 75.0 Å². The van der Waals surface area contributed by atoms with E-state index in [-0.39, 0.29) is 24.3 Å². The molecule has 1 aromatic rings. The van der Waals surface area contributed by atoms with Crippen LogP contribution in [0.2, 0.25) is 0 Å². The number of carbonyl (C=O) groups is 2. The average molecular weight is 316 g/mol. The number of anilines is 2. The quantitative estimate of drug-likeness (QED) is 0.766. The van der Waals surface area contributed by atoms with Crippen LogP contribution in [0, 0.1) is 0 Å². The van der Waals surface area contributed by atoms with Crippen molar-refractivity contribution in [1.82, 2.24) is 9.80 Å². The van der Waals surface area contributed by atoms with Crippen molar-refractivity contribution in [3.8, 4) is 0 Å². The molecule has 1 unspecified atom stereocenters. The van der Waals surface area contributed by atoms with E-state index in [9.17, 15) is 9.59 Å². The maximum atomic E-state index is 12.8. The fourth-order valence-corrected chi connectivity index (χ4v) is 3.21. The van der Waals surface area contributed by atoms with Gasteiger partial charge in [-0.05, 0) is 31.3 Å². The lowest BCUT2D eigenvalue weighted by Crippen LogP contribution is -2.51. The SMILES string of the molecule is CN1CCN(C2CC(=O)N(c3ccc(N(C)C)cc3)C2=O)CC1. The Labute approximate surface area is 137 Å². The summed E-state index contributed by atoms with van der Waals surface area (Å²) < 4.78 is 0. The van der Waals surface area contributed by atoms with Gasteiger partial charge < -0.3 is 9.80 Å². The van der Waals surface area contributed by atoms with E-state index in [1.165, 1.54) is 4.90 Å². The molecule has 0 N–H and O–H groups in total. The molecule has 2 amide bonds. The van der Waals surface area contributed by atoms with Gasteiger partial charge in [0.1, 0.15) is 0 Å². The molecule has 1 atom stereocenters. The van der Waals surface area contributed by atoms with Gasteiger partial charge in [-0.2, -0.15) is 0 Å². The summed E-state index contributed by atoms with van der Waals surface area (Å²) >= 11 is 0. The topological polar surface area (TPSA) is 47.1 Å². The van der Waals surface area contributed by atoms with Gasteiger partial charge in [-0.25, -0.2) is 4.90 Å². The van der Waals surface area contributed by atoms with E-state index >= 15 is 0 Å². The summed E-state index contributed by atoms with van der Waals surface area (Å²) in [5.74, 6) is -0.186. The number of piperazine rings is 1. The Hall–Kier alpha value is -1.92. The lowest BCUT2D eigenvalue weighted by Gasteiger charge is -2.35. The molecule has 0 saturated carbocycles. The second-order valence-electron chi connectivity index (χ2n) is 6.54. The van der Waals surface area contributed by atoms with Crippen molar-refractivity contribution in [2.75, 3.05) is 57.1 Å². The van der Waals surface area contributed by atoms with Gasteiger partial charge in [0.2, 0.25) is 5.91 Å². The summed E-state index contributed by atoms with van der Waals surface area (Å²) in [6.45, 7) is 3.56. The molecule has 124 valence electrons. The fourth-order valence-electron chi connectivity index (χ4n) is 3.21. The normalized spacial score (nSPS) is 23.6. The largest absolute Gasteiger partial charge is 0.378 e. The van der Waals surface area contributed by atoms with E-state index in [4.69, 9.17) is 0 Å². The third kappa shape index (κ3) is 3.09. The molecule has 0 bridgehead atoms. The van der Waals surface area contributed by atoms with Crippen LogP contribution in [0.15, 0.2) is 24.3 Å². The number of amides is 2. The molecule has 0 spiro atoms. The van der Waals surface area contributed by atoms with Crippen LogP contribution in [-0.2, 0) is 9.59 Å². The standard InChI is InChI=1S/C17H24N4O2/c1-18(2)13-4-6-14(7-5-13)21-16(22)12-15(17(21)23)20-10-8-19(3)9-11-20/h4-7,15H,8-12H2,1-3H3. The monoisotopic (exact) mass is 316 g/mol. The molecule has 2 aliphatic rings. The number of hydrogen-bond acceptors (Lipinski definition) is 5. The number of imide groups is 1. The lowest BCUT2D eigenvalue weighted by atomic mass is 10.2. The number of likely N-dealkylation sites (N-methyl/N-ethyl adjacent to an activating group) is 1. The molecule has 6 nitrogen and oxygen atoms in total. The lowest BCUT2D eigenvalue weighted by molar-refractivity contribution is -0.123. The highest BCUT2D eigenvalue weighted by atomic mass is 16.2. The van der Waals surface area contributed by atoms with Crippen molar-refractivity contribution in [3.63, 3.8) is 0 Å². The molecule has 2 fully saturated rings. The number of nitrogens with zero attached hydrogens (tertiary/aromatic N) is 4. The van der Waals surface area contributed by atoms with E-state index in [0.717, 1.165) is 31.9 Å². The van der Waals surface area contributed by atoms with Crippen LogP contribution in [0.5, 0.6) is 0 Å². The van der Waals surface area contributed by atoms with Crippen LogP contribution >= 0.6 is 0 Å². The highest BCUT2D eigenvalue weighted by Crippen LogP contribution is 2.27. The van der Waals surface area contributed by atoms with Crippen LogP contribution in [0.1, 0.15) is 6.42 Å². The minimum Gasteiger partial charge on any atom is -0.378 e. The molecule has 6 heteroatoms. The van der Waals surface area contributed by atoms with Gasteiger partial charge in [-0.1, -0.05) is 0 Å². The third-order valence-corrected chi connectivity index (χ3v) is 4.73. The smallest absolute Gasteiger partial charge is 0.251 e. The minimum atomic E-state index is -0.301. The summed E-state index contributed by atoms with van der Waals surface area (Å²) in [5.41, 5.74) is 1.71. The molecule has 3 rings (SSSR count). The summed E-state index contributed by atoms with van der Waals surface area (Å²) in [7, 11) is 6.01. The van der Waals surface area contributed by atoms with Gasteiger partial charge in [0.15, 0.2) is 0 Å². The van der Waals surface area contributed by atoms with Crippen molar-refractivity contribution < 1.29 is 9.59 Å². The molecule has 1 aromatic carbocycles. The molecular formula is C17H24N4O2. The number of hydrogen-bond donors (Lipinski definition) is 0. The van der Waals surface area contributed by atoms with E-state index in [1.807, 2.05) is 43.3 Å². The maximum Gasteiger partial charge on any atom is 0.251 e. The van der Waals surface area contributed by atoms with Gasteiger partial charge >= 0.3 is 0 Å². The Kier molecular flexibility index (Phi) is 4.37. The Balaban J connectivity index is 1.76. The zero-order chi connectivity index (χ0) is 16.6. The maximum absolute atomic E-state index is 12.8. The zero-order valence-corrected chi connectivity index (χ0v) is 14.0. The van der Waals surface area contributed by atoms with Crippen molar-refractivity contribution in [1.29, 1.82) is 0 Å². The Morgan fingerprint density at radius 1 is 1.00 bits per heavy atom. The van der Waals surface area contributed by atoms with Crippen molar-refractivity contribution >= 4 is 23.2 Å². The Morgan fingerprint density at radius 3 is 2.17 bits per heavy atom. The molecule has 23 heavy (non-hydrogen) atoms. The summed E-state index contributed by atoms with van der Waals surface area (Å²) in [6.07, 6.45) is 0.290. The highest BCUT2D eigenvalue weighted by molar-refractivity contribution is 6.22. The van der Waals surface area contributed by atoms with E-state index < -0.39 is 0 Å². The summed E-state index contributed by atoms with van der Waals surface area (Å²) in [4.78, 5) is 32.9. The van der Waals surface area contributed by atoms with Gasteiger partial charge in [0.05, 0.1) is 18.2 Å². The van der Waals surface area contributed by atoms with Crippen LogP contribution in [0.3, 0.4) is 0 Å². The number of rotatable bonds is 3. The molecule has 2 aliphatic heterocycles. The number of carbonyl (C=O) groups excluding carboxylic acids is 2. The van der Waals surface area contributed by atoms with Crippen molar-refractivity contribution in [3.05, 3.63) is 24.3 Å². The molecule has 2 heterocycles. The van der Waals surface area contributed by atoms with Crippen LogP contribution < -0.4 is 9.80 Å². The Bertz CT molecular complexity index is 591. The molecule has 0 radical (unpaired) electrons. The van der Waals surface area contributed by atoms with Gasteiger partial charge in [-0.15, -0.1) is 0 Å². The van der Waals surface area contributed by atoms with Crippen LogP contribution in [0.4, 0.5) is 11.4 Å². The summed E-state index contributed by atoms with van der Waals surface area (Å²) in [6, 6.07) is 7.25. The average Bonchev–Trinajstić information content (AvgIpc) is 2.83. The molecular weight excluding hydrogens is 292 g/mol. The molecule has 0 aliphatic carbocycles. The van der Waals surface area contributed by atoms with E-state index in [0.29, 0.717) is 5.69 Å². The van der Waals surface area contributed by atoms with Gasteiger partial charge in [0, 0.05) is 46.0 Å². The zero-order valence-electron chi connectivity index (χ0n) is 14.0. The van der Waals surface area contributed by atoms with Crippen LogP contribution in [0.25, 0.3) is 0 Å². The third-order valence-electron chi connectivity index (χ3n) is 4.73. The highest BCUT2D eigenvalue weighted by Gasteiger charge is 2.43. The predicted octanol–water partition coefficient (Wildman–Crippen LogP) is 0.632. The summed E-state index contributed by atoms with van der Waals surface area (Å²) in [5, 5.41) is 0. The number of benzene rings is 1. The predicted molar refractivity (Wildman–Crippen MR) is 90.7 cm³/mol. The molecule has 0 aromatic heterocycles. The first-order valence-corrected chi connectivity index (χ1v) is 8.04. The second kappa shape index (κ2) is 6.29.